The smallest absolute Gasteiger partial charge is 0.147 e. The summed E-state index contributed by atoms with van der Waals surface area (Å²) in [4.78, 5) is 11.0. The van der Waals surface area contributed by atoms with Crippen LogP contribution in [0.2, 0.25) is 0 Å². The van der Waals surface area contributed by atoms with Gasteiger partial charge in [-0.05, 0) is 13.8 Å². The first-order valence-corrected chi connectivity index (χ1v) is 5.80. The predicted molar refractivity (Wildman–Crippen MR) is 65.9 cm³/mol. The Kier molecular flexibility index (Phi) is 3.56. The van der Waals surface area contributed by atoms with Crippen molar-refractivity contribution in [3.8, 4) is 0 Å². The normalized spacial score (nSPS) is 16.6. The molecule has 2 N–H and O–H groups in total. The first kappa shape index (κ1) is 11.1. The van der Waals surface area contributed by atoms with Crippen LogP contribution in [-0.2, 0) is 0 Å². The van der Waals surface area contributed by atoms with Gasteiger partial charge in [-0.3, -0.25) is 0 Å². The van der Waals surface area contributed by atoms with E-state index in [2.05, 4.69) is 39.3 Å². The minimum absolute atomic E-state index is 0.388. The van der Waals surface area contributed by atoms with E-state index in [4.69, 9.17) is 0 Å². The molecule has 5 heteroatoms. The third kappa shape index (κ3) is 2.82. The van der Waals surface area contributed by atoms with Gasteiger partial charge in [0.25, 0.3) is 0 Å². The maximum absolute atomic E-state index is 4.43. The van der Waals surface area contributed by atoms with Gasteiger partial charge >= 0.3 is 0 Å². The van der Waals surface area contributed by atoms with E-state index in [1.807, 2.05) is 6.20 Å². The summed E-state index contributed by atoms with van der Waals surface area (Å²) in [7, 11) is 0. The number of nitrogens with one attached hydrogen (secondary N) is 2. The standard InChI is InChI=1S/C11H19N5/c1-9(2)15-10-7-14-11(8-13-10)16-5-3-12-4-6-16/h7-9,12H,3-6H2,1-2H3,(H,13,15). The summed E-state index contributed by atoms with van der Waals surface area (Å²) >= 11 is 0. The van der Waals surface area contributed by atoms with E-state index in [1.165, 1.54) is 0 Å². The van der Waals surface area contributed by atoms with E-state index in [9.17, 15) is 0 Å². The monoisotopic (exact) mass is 221 g/mol. The maximum atomic E-state index is 4.43. The van der Waals surface area contributed by atoms with Crippen LogP contribution in [0, 0.1) is 0 Å². The molecule has 1 aliphatic rings. The van der Waals surface area contributed by atoms with Crippen molar-refractivity contribution in [1.82, 2.24) is 15.3 Å². The second kappa shape index (κ2) is 5.12. The lowest BCUT2D eigenvalue weighted by Gasteiger charge is -2.28. The van der Waals surface area contributed by atoms with Gasteiger partial charge in [-0.15, -0.1) is 0 Å². The Labute approximate surface area is 96.3 Å². The van der Waals surface area contributed by atoms with Gasteiger partial charge in [0, 0.05) is 32.2 Å². The molecule has 0 bridgehead atoms. The molecule has 0 spiro atoms. The molecule has 1 aromatic heterocycles. The van der Waals surface area contributed by atoms with Crippen LogP contribution in [0.15, 0.2) is 12.4 Å². The fourth-order valence-corrected chi connectivity index (χ4v) is 1.75. The fourth-order valence-electron chi connectivity index (χ4n) is 1.75. The Morgan fingerprint density at radius 3 is 2.56 bits per heavy atom. The highest BCUT2D eigenvalue weighted by Gasteiger charge is 2.11. The van der Waals surface area contributed by atoms with E-state index < -0.39 is 0 Å². The quantitative estimate of drug-likeness (QED) is 0.787. The summed E-state index contributed by atoms with van der Waals surface area (Å²) in [6, 6.07) is 0.388. The Hall–Kier alpha value is -1.36. The minimum Gasteiger partial charge on any atom is -0.367 e. The van der Waals surface area contributed by atoms with Gasteiger partial charge in [0.05, 0.1) is 12.4 Å². The van der Waals surface area contributed by atoms with Crippen LogP contribution in [0.3, 0.4) is 0 Å². The van der Waals surface area contributed by atoms with Gasteiger partial charge < -0.3 is 15.5 Å². The number of aromatic nitrogens is 2. The molecule has 1 saturated heterocycles. The van der Waals surface area contributed by atoms with E-state index in [0.717, 1.165) is 37.8 Å². The zero-order chi connectivity index (χ0) is 11.4. The Balaban J connectivity index is 2.00. The van der Waals surface area contributed by atoms with Crippen LogP contribution < -0.4 is 15.5 Å². The van der Waals surface area contributed by atoms with Crippen molar-refractivity contribution < 1.29 is 0 Å². The molecule has 2 heterocycles. The van der Waals surface area contributed by atoms with E-state index in [0.29, 0.717) is 6.04 Å². The number of hydrogen-bond acceptors (Lipinski definition) is 5. The predicted octanol–water partition coefficient (Wildman–Crippen LogP) is 0.706. The van der Waals surface area contributed by atoms with Crippen molar-refractivity contribution in [3.63, 3.8) is 0 Å². The highest BCUT2D eigenvalue weighted by atomic mass is 15.2. The van der Waals surface area contributed by atoms with Crippen molar-refractivity contribution in [2.45, 2.75) is 19.9 Å². The molecular formula is C11H19N5. The molecule has 0 aromatic carbocycles. The van der Waals surface area contributed by atoms with Gasteiger partial charge in [-0.25, -0.2) is 9.97 Å². The molecular weight excluding hydrogens is 202 g/mol. The van der Waals surface area contributed by atoms with Crippen LogP contribution in [0.4, 0.5) is 11.6 Å². The molecule has 2 rings (SSSR count). The zero-order valence-corrected chi connectivity index (χ0v) is 9.90. The molecule has 16 heavy (non-hydrogen) atoms. The third-order valence-corrected chi connectivity index (χ3v) is 2.52. The topological polar surface area (TPSA) is 53.1 Å². The lowest BCUT2D eigenvalue weighted by atomic mass is 10.3. The average Bonchev–Trinajstić information content (AvgIpc) is 2.30. The van der Waals surface area contributed by atoms with Gasteiger partial charge in [0.15, 0.2) is 0 Å². The van der Waals surface area contributed by atoms with Gasteiger partial charge in [0.2, 0.25) is 0 Å². The highest BCUT2D eigenvalue weighted by molar-refractivity contribution is 5.42. The lowest BCUT2D eigenvalue weighted by molar-refractivity contribution is 0.584. The molecule has 5 nitrogen and oxygen atoms in total. The van der Waals surface area contributed by atoms with Crippen LogP contribution in [0.1, 0.15) is 13.8 Å². The molecule has 0 aliphatic carbocycles. The van der Waals surface area contributed by atoms with Crippen molar-refractivity contribution in [3.05, 3.63) is 12.4 Å². The molecule has 0 atom stereocenters. The van der Waals surface area contributed by atoms with Crippen LogP contribution in [0.25, 0.3) is 0 Å². The fraction of sp³-hybridized carbons (Fsp3) is 0.636. The Morgan fingerprint density at radius 2 is 2.00 bits per heavy atom. The van der Waals surface area contributed by atoms with Crippen LogP contribution >= 0.6 is 0 Å². The third-order valence-electron chi connectivity index (χ3n) is 2.52. The number of nitrogens with zero attached hydrogens (tertiary/aromatic N) is 3. The van der Waals surface area contributed by atoms with Crippen molar-refractivity contribution in [2.75, 3.05) is 36.4 Å². The number of anilines is 2. The van der Waals surface area contributed by atoms with Gasteiger partial charge in [0.1, 0.15) is 11.6 Å². The Bertz CT molecular complexity index is 316. The maximum Gasteiger partial charge on any atom is 0.147 e. The molecule has 1 aromatic rings. The SMILES string of the molecule is CC(C)Nc1cnc(N2CCNCC2)cn1. The van der Waals surface area contributed by atoms with E-state index in [1.54, 1.807) is 6.20 Å². The first-order valence-electron chi connectivity index (χ1n) is 5.80. The second-order valence-corrected chi connectivity index (χ2v) is 4.30. The zero-order valence-electron chi connectivity index (χ0n) is 9.90. The Morgan fingerprint density at radius 1 is 1.25 bits per heavy atom. The van der Waals surface area contributed by atoms with Crippen molar-refractivity contribution >= 4 is 11.6 Å². The molecule has 0 unspecified atom stereocenters. The summed E-state index contributed by atoms with van der Waals surface area (Å²) in [6.07, 6.45) is 3.65. The number of rotatable bonds is 3. The highest BCUT2D eigenvalue weighted by Crippen LogP contribution is 2.11. The summed E-state index contributed by atoms with van der Waals surface area (Å²) < 4.78 is 0. The van der Waals surface area contributed by atoms with Gasteiger partial charge in [-0.1, -0.05) is 0 Å². The molecule has 1 fully saturated rings. The average molecular weight is 221 g/mol. The summed E-state index contributed by atoms with van der Waals surface area (Å²) in [6.45, 7) is 8.23. The molecule has 0 saturated carbocycles. The van der Waals surface area contributed by atoms with Crippen LogP contribution in [0.5, 0.6) is 0 Å². The molecule has 1 aliphatic heterocycles. The number of hydrogen-bond donors (Lipinski definition) is 2. The van der Waals surface area contributed by atoms with Crippen molar-refractivity contribution in [1.29, 1.82) is 0 Å². The second-order valence-electron chi connectivity index (χ2n) is 4.30. The summed E-state index contributed by atoms with van der Waals surface area (Å²) in [5.74, 6) is 1.81. The van der Waals surface area contributed by atoms with Crippen LogP contribution in [-0.4, -0.2) is 42.2 Å². The largest absolute Gasteiger partial charge is 0.367 e. The number of piperazine rings is 1. The lowest BCUT2D eigenvalue weighted by Crippen LogP contribution is -2.43. The molecule has 0 amide bonds. The first-order chi connectivity index (χ1) is 7.75. The minimum atomic E-state index is 0.388. The summed E-state index contributed by atoms with van der Waals surface area (Å²) in [5, 5.41) is 6.55. The summed E-state index contributed by atoms with van der Waals surface area (Å²) in [5.41, 5.74) is 0. The van der Waals surface area contributed by atoms with E-state index in [-0.39, 0.29) is 0 Å². The van der Waals surface area contributed by atoms with Gasteiger partial charge in [-0.2, -0.15) is 0 Å². The molecule has 0 radical (unpaired) electrons. The van der Waals surface area contributed by atoms with E-state index >= 15 is 0 Å². The molecule has 88 valence electrons. The van der Waals surface area contributed by atoms with Crippen molar-refractivity contribution in [2.24, 2.45) is 0 Å².